The maximum Gasteiger partial charge on any atom is 0.410 e. The number of piperazine rings is 1. The molecule has 24 heavy (non-hydrogen) atoms. The highest BCUT2D eigenvalue weighted by molar-refractivity contribution is 6.03. The van der Waals surface area contributed by atoms with Crippen LogP contribution < -0.4 is 0 Å². The van der Waals surface area contributed by atoms with Gasteiger partial charge in [0.25, 0.3) is 0 Å². The maximum atomic E-state index is 12.2. The van der Waals surface area contributed by atoms with Gasteiger partial charge in [0, 0.05) is 25.3 Å². The van der Waals surface area contributed by atoms with Gasteiger partial charge in [0.1, 0.15) is 5.60 Å². The fraction of sp³-hybridized carbons (Fsp3) is 0.688. The first-order valence-electron chi connectivity index (χ1n) is 7.74. The maximum absolute atomic E-state index is 12.2. The van der Waals surface area contributed by atoms with Crippen molar-refractivity contribution in [3.05, 3.63) is 11.8 Å². The van der Waals surface area contributed by atoms with E-state index < -0.39 is 29.0 Å². The Morgan fingerprint density at radius 3 is 2.17 bits per heavy atom. The highest BCUT2D eigenvalue weighted by Crippen LogP contribution is 2.36. The Balaban J connectivity index is 2.21. The van der Waals surface area contributed by atoms with Crippen LogP contribution in [0.15, 0.2) is 11.8 Å². The topological polar surface area (TPSA) is 85.4 Å². The van der Waals surface area contributed by atoms with Crippen molar-refractivity contribution in [3.63, 3.8) is 0 Å². The van der Waals surface area contributed by atoms with Crippen molar-refractivity contribution in [1.29, 1.82) is 0 Å². The van der Waals surface area contributed by atoms with E-state index in [-0.39, 0.29) is 13.1 Å². The smallest absolute Gasteiger partial charge is 0.410 e. The minimum Gasteiger partial charge on any atom is -0.468 e. The van der Waals surface area contributed by atoms with Gasteiger partial charge in [0.2, 0.25) is 5.41 Å². The number of methoxy groups -OCH3 is 2. The number of ether oxygens (including phenoxy) is 3. The van der Waals surface area contributed by atoms with Crippen LogP contribution in [0.4, 0.5) is 4.79 Å². The molecule has 1 amide bonds. The van der Waals surface area contributed by atoms with E-state index in [1.807, 2.05) is 4.90 Å². The summed E-state index contributed by atoms with van der Waals surface area (Å²) in [5.74, 6) is -1.33. The number of nitrogens with zero attached hydrogens (tertiary/aromatic N) is 2. The van der Waals surface area contributed by atoms with Crippen LogP contribution in [0, 0.1) is 5.41 Å². The molecule has 2 aliphatic rings. The van der Waals surface area contributed by atoms with Crippen LogP contribution in [0.5, 0.6) is 0 Å². The van der Waals surface area contributed by atoms with E-state index in [2.05, 4.69) is 0 Å². The average molecular weight is 340 g/mol. The third-order valence-electron chi connectivity index (χ3n) is 4.00. The first kappa shape index (κ1) is 18.1. The third-order valence-corrected chi connectivity index (χ3v) is 4.00. The number of carbonyl (C=O) groups excluding carboxylic acids is 3. The zero-order valence-corrected chi connectivity index (χ0v) is 14.7. The molecule has 0 aromatic heterocycles. The molecule has 0 N–H and O–H groups in total. The van der Waals surface area contributed by atoms with E-state index in [1.165, 1.54) is 14.2 Å². The molecule has 0 aliphatic carbocycles. The molecule has 1 saturated heterocycles. The minimum absolute atomic E-state index is 0.157. The van der Waals surface area contributed by atoms with Crippen molar-refractivity contribution in [3.8, 4) is 0 Å². The summed E-state index contributed by atoms with van der Waals surface area (Å²) in [4.78, 5) is 40.0. The van der Waals surface area contributed by atoms with Crippen LogP contribution in [-0.4, -0.2) is 73.8 Å². The lowest BCUT2D eigenvalue weighted by Crippen LogP contribution is -2.49. The lowest BCUT2D eigenvalue weighted by atomic mass is 9.89. The molecular weight excluding hydrogens is 316 g/mol. The predicted octanol–water partition coefficient (Wildman–Crippen LogP) is 0.769. The Hall–Kier alpha value is -2.25. The number of hydrogen-bond acceptors (Lipinski definition) is 7. The quantitative estimate of drug-likeness (QED) is 0.417. The molecule has 8 nitrogen and oxygen atoms in total. The summed E-state index contributed by atoms with van der Waals surface area (Å²) in [5.41, 5.74) is -1.36. The second-order valence-corrected chi connectivity index (χ2v) is 6.91. The van der Waals surface area contributed by atoms with Crippen LogP contribution in [-0.2, 0) is 23.8 Å². The van der Waals surface area contributed by atoms with E-state index in [9.17, 15) is 14.4 Å². The normalized spacial score (nSPS) is 19.3. The van der Waals surface area contributed by atoms with Crippen molar-refractivity contribution < 1.29 is 28.6 Å². The van der Waals surface area contributed by atoms with E-state index in [4.69, 9.17) is 14.2 Å². The molecule has 1 fully saturated rings. The Morgan fingerprint density at radius 2 is 1.67 bits per heavy atom. The third kappa shape index (κ3) is 3.32. The summed E-state index contributed by atoms with van der Waals surface area (Å²) in [7, 11) is 2.46. The molecule has 0 atom stereocenters. The van der Waals surface area contributed by atoms with Gasteiger partial charge in [-0.3, -0.25) is 9.59 Å². The summed E-state index contributed by atoms with van der Waals surface area (Å²) < 4.78 is 15.0. The second kappa shape index (κ2) is 6.33. The van der Waals surface area contributed by atoms with E-state index in [1.54, 1.807) is 31.7 Å². The molecule has 0 saturated carbocycles. The fourth-order valence-electron chi connectivity index (χ4n) is 2.89. The van der Waals surface area contributed by atoms with Crippen LogP contribution in [0.3, 0.4) is 0 Å². The van der Waals surface area contributed by atoms with Gasteiger partial charge in [-0.1, -0.05) is 0 Å². The highest BCUT2D eigenvalue weighted by Gasteiger charge is 2.53. The zero-order valence-electron chi connectivity index (χ0n) is 14.7. The number of carbonyl (C=O) groups is 3. The van der Waals surface area contributed by atoms with Gasteiger partial charge >= 0.3 is 18.0 Å². The second-order valence-electron chi connectivity index (χ2n) is 6.91. The lowest BCUT2D eigenvalue weighted by molar-refractivity contribution is -0.165. The highest BCUT2D eigenvalue weighted by atomic mass is 16.6. The van der Waals surface area contributed by atoms with Crippen molar-refractivity contribution in [1.82, 2.24) is 9.80 Å². The number of esters is 2. The fourth-order valence-corrected chi connectivity index (χ4v) is 2.89. The van der Waals surface area contributed by atoms with Gasteiger partial charge in [-0.2, -0.15) is 0 Å². The van der Waals surface area contributed by atoms with Crippen molar-refractivity contribution in [2.45, 2.75) is 26.4 Å². The lowest BCUT2D eigenvalue weighted by Gasteiger charge is -2.36. The first-order valence-corrected chi connectivity index (χ1v) is 7.74. The van der Waals surface area contributed by atoms with Crippen LogP contribution >= 0.6 is 0 Å². The summed E-state index contributed by atoms with van der Waals surface area (Å²) in [6.45, 7) is 6.78. The van der Waals surface area contributed by atoms with Gasteiger partial charge in [-0.15, -0.1) is 0 Å². The Bertz CT molecular complexity index is 562. The average Bonchev–Trinajstić information content (AvgIpc) is 2.91. The molecule has 0 unspecified atom stereocenters. The molecule has 2 rings (SSSR count). The molecule has 0 radical (unpaired) electrons. The Labute approximate surface area is 141 Å². The summed E-state index contributed by atoms with van der Waals surface area (Å²) in [6.07, 6.45) is 1.12. The van der Waals surface area contributed by atoms with Crippen molar-refractivity contribution in [2.24, 2.45) is 5.41 Å². The molecule has 2 aliphatic heterocycles. The van der Waals surface area contributed by atoms with Crippen molar-refractivity contribution >= 4 is 18.0 Å². The zero-order chi connectivity index (χ0) is 18.1. The standard InChI is InChI=1S/C16H24N2O6/c1-15(2,3)24-14(21)17-6-7-18-10-16(12(19)22-4,13(20)23-5)8-11(18)9-17/h8H,6-7,9-10H2,1-5H3. The number of amides is 1. The molecule has 0 bridgehead atoms. The van der Waals surface area contributed by atoms with Crippen LogP contribution in [0.1, 0.15) is 20.8 Å². The summed E-state index contributed by atoms with van der Waals surface area (Å²) in [6, 6.07) is 0. The first-order chi connectivity index (χ1) is 11.1. The van der Waals surface area contributed by atoms with Gasteiger partial charge < -0.3 is 24.0 Å². The molecule has 0 spiro atoms. The van der Waals surface area contributed by atoms with Gasteiger partial charge in [0.15, 0.2) is 0 Å². The number of rotatable bonds is 2. The van der Waals surface area contributed by atoms with E-state index >= 15 is 0 Å². The molecule has 134 valence electrons. The van der Waals surface area contributed by atoms with Gasteiger partial charge in [-0.05, 0) is 26.8 Å². The molecule has 0 aromatic rings. The molecule has 0 aromatic carbocycles. The summed E-state index contributed by atoms with van der Waals surface area (Å²) in [5, 5.41) is 0. The number of hydrogen-bond donors (Lipinski definition) is 0. The predicted molar refractivity (Wildman–Crippen MR) is 83.9 cm³/mol. The summed E-state index contributed by atoms with van der Waals surface area (Å²) >= 11 is 0. The van der Waals surface area contributed by atoms with E-state index in [0.29, 0.717) is 18.8 Å². The molecule has 2 heterocycles. The van der Waals surface area contributed by atoms with E-state index in [0.717, 1.165) is 0 Å². The Morgan fingerprint density at radius 1 is 1.08 bits per heavy atom. The van der Waals surface area contributed by atoms with Crippen molar-refractivity contribution in [2.75, 3.05) is 40.4 Å². The van der Waals surface area contributed by atoms with Crippen LogP contribution in [0.25, 0.3) is 0 Å². The number of fused-ring (bicyclic) bond motifs is 1. The molecular formula is C16H24N2O6. The monoisotopic (exact) mass is 340 g/mol. The Kier molecular flexibility index (Phi) is 4.77. The SMILES string of the molecule is COC(=O)C1(C(=O)OC)C=C2CN(C(=O)OC(C)(C)C)CCN2C1. The minimum atomic E-state index is -1.48. The van der Waals surface area contributed by atoms with Crippen LogP contribution in [0.2, 0.25) is 0 Å². The largest absolute Gasteiger partial charge is 0.468 e. The van der Waals surface area contributed by atoms with Gasteiger partial charge in [0.05, 0.1) is 20.8 Å². The molecule has 8 heteroatoms. The van der Waals surface area contributed by atoms with Gasteiger partial charge in [-0.25, -0.2) is 4.79 Å².